The molecule has 1 aromatic heterocycles. The minimum atomic E-state index is 0.213. The van der Waals surface area contributed by atoms with Crippen molar-refractivity contribution in [1.82, 2.24) is 20.4 Å². The molecular weight excluding hydrogens is 366 g/mol. The summed E-state index contributed by atoms with van der Waals surface area (Å²) >= 11 is 0. The number of ether oxygens (including phenoxy) is 2. The van der Waals surface area contributed by atoms with Gasteiger partial charge in [0.2, 0.25) is 0 Å². The second kappa shape index (κ2) is 10.9. The van der Waals surface area contributed by atoms with Crippen molar-refractivity contribution in [2.45, 2.75) is 45.3 Å². The predicted molar refractivity (Wildman–Crippen MR) is 115 cm³/mol. The standard InChI is InChI=1S/C22H33N5O2/c1-17-8-9-19(21(12-17)29-16-20-7-5-11-28-20)14-25-22(23-2)24-10-4-6-18-13-26-27(3)15-18/h8-9,12-13,15,20H,4-7,10-11,14,16H2,1-3H3,(H2,23,24,25). The molecule has 29 heavy (non-hydrogen) atoms. The fourth-order valence-corrected chi connectivity index (χ4v) is 3.40. The van der Waals surface area contributed by atoms with Crippen molar-refractivity contribution in [2.24, 2.45) is 12.0 Å². The highest BCUT2D eigenvalue weighted by Gasteiger charge is 2.17. The van der Waals surface area contributed by atoms with Crippen molar-refractivity contribution in [3.8, 4) is 5.75 Å². The number of aromatic nitrogens is 2. The van der Waals surface area contributed by atoms with Crippen LogP contribution in [0.25, 0.3) is 0 Å². The van der Waals surface area contributed by atoms with Crippen LogP contribution in [0.2, 0.25) is 0 Å². The Morgan fingerprint density at radius 1 is 1.38 bits per heavy atom. The molecular formula is C22H33N5O2. The maximum atomic E-state index is 6.08. The summed E-state index contributed by atoms with van der Waals surface area (Å²) in [5.74, 6) is 1.71. The van der Waals surface area contributed by atoms with Gasteiger partial charge < -0.3 is 20.1 Å². The Morgan fingerprint density at radius 3 is 3.00 bits per heavy atom. The monoisotopic (exact) mass is 399 g/mol. The third-order valence-corrected chi connectivity index (χ3v) is 5.03. The van der Waals surface area contributed by atoms with E-state index in [1.165, 1.54) is 11.1 Å². The summed E-state index contributed by atoms with van der Waals surface area (Å²) in [7, 11) is 3.73. The predicted octanol–water partition coefficient (Wildman–Crippen LogP) is 2.58. The lowest BCUT2D eigenvalue weighted by Gasteiger charge is -2.17. The van der Waals surface area contributed by atoms with Crippen LogP contribution in [-0.2, 0) is 24.8 Å². The number of nitrogens with one attached hydrogen (secondary N) is 2. The SMILES string of the molecule is CN=C(NCCCc1cnn(C)c1)NCc1ccc(C)cc1OCC1CCCO1. The van der Waals surface area contributed by atoms with E-state index >= 15 is 0 Å². The average molecular weight is 400 g/mol. The van der Waals surface area contributed by atoms with E-state index < -0.39 is 0 Å². The maximum absolute atomic E-state index is 6.08. The second-order valence-corrected chi connectivity index (χ2v) is 7.54. The van der Waals surface area contributed by atoms with E-state index in [0.29, 0.717) is 13.2 Å². The van der Waals surface area contributed by atoms with Gasteiger partial charge in [0.25, 0.3) is 0 Å². The molecule has 0 radical (unpaired) electrons. The van der Waals surface area contributed by atoms with Crippen molar-refractivity contribution in [3.05, 3.63) is 47.3 Å². The number of benzene rings is 1. The van der Waals surface area contributed by atoms with Gasteiger partial charge in [0.1, 0.15) is 12.4 Å². The smallest absolute Gasteiger partial charge is 0.191 e. The van der Waals surface area contributed by atoms with Gasteiger partial charge in [-0.05, 0) is 49.8 Å². The number of guanidine groups is 1. The zero-order valence-electron chi connectivity index (χ0n) is 17.8. The van der Waals surface area contributed by atoms with Crippen LogP contribution in [0, 0.1) is 6.92 Å². The van der Waals surface area contributed by atoms with Crippen molar-refractivity contribution in [3.63, 3.8) is 0 Å². The molecule has 1 unspecified atom stereocenters. The third kappa shape index (κ3) is 6.78. The van der Waals surface area contributed by atoms with Crippen LogP contribution in [0.1, 0.15) is 36.0 Å². The van der Waals surface area contributed by atoms with Gasteiger partial charge in [-0.3, -0.25) is 9.67 Å². The largest absolute Gasteiger partial charge is 0.491 e. The Balaban J connectivity index is 1.45. The van der Waals surface area contributed by atoms with Crippen molar-refractivity contribution < 1.29 is 9.47 Å². The van der Waals surface area contributed by atoms with Crippen molar-refractivity contribution in [1.29, 1.82) is 0 Å². The van der Waals surface area contributed by atoms with Gasteiger partial charge in [-0.25, -0.2) is 0 Å². The summed E-state index contributed by atoms with van der Waals surface area (Å²) < 4.78 is 13.6. The number of hydrogen-bond donors (Lipinski definition) is 2. The van der Waals surface area contributed by atoms with Crippen LogP contribution >= 0.6 is 0 Å². The quantitative estimate of drug-likeness (QED) is 0.385. The lowest BCUT2D eigenvalue weighted by Crippen LogP contribution is -2.37. The first-order valence-electron chi connectivity index (χ1n) is 10.4. The van der Waals surface area contributed by atoms with Gasteiger partial charge >= 0.3 is 0 Å². The van der Waals surface area contributed by atoms with E-state index in [2.05, 4.69) is 52.0 Å². The lowest BCUT2D eigenvalue weighted by atomic mass is 10.1. The van der Waals surface area contributed by atoms with Gasteiger partial charge in [0.05, 0.1) is 12.3 Å². The molecule has 0 saturated carbocycles. The molecule has 2 heterocycles. The minimum Gasteiger partial charge on any atom is -0.491 e. The zero-order valence-corrected chi connectivity index (χ0v) is 17.8. The van der Waals surface area contributed by atoms with E-state index in [-0.39, 0.29) is 6.10 Å². The molecule has 1 atom stereocenters. The highest BCUT2D eigenvalue weighted by atomic mass is 16.5. The van der Waals surface area contributed by atoms with Gasteiger partial charge in [0.15, 0.2) is 5.96 Å². The molecule has 7 nitrogen and oxygen atoms in total. The van der Waals surface area contributed by atoms with Gasteiger partial charge in [-0.15, -0.1) is 0 Å². The Hall–Kier alpha value is -2.54. The molecule has 0 aliphatic carbocycles. The molecule has 0 bridgehead atoms. The molecule has 0 spiro atoms. The minimum absolute atomic E-state index is 0.213. The molecule has 2 aromatic rings. The van der Waals surface area contributed by atoms with E-state index in [1.807, 2.05) is 17.9 Å². The molecule has 3 rings (SSSR count). The summed E-state index contributed by atoms with van der Waals surface area (Å²) in [6.07, 6.45) is 8.41. The Kier molecular flexibility index (Phi) is 7.93. The summed E-state index contributed by atoms with van der Waals surface area (Å²) in [6, 6.07) is 6.32. The first-order chi connectivity index (χ1) is 14.1. The third-order valence-electron chi connectivity index (χ3n) is 5.03. The molecule has 2 N–H and O–H groups in total. The molecule has 1 saturated heterocycles. The number of nitrogens with zero attached hydrogens (tertiary/aromatic N) is 3. The summed E-state index contributed by atoms with van der Waals surface area (Å²) in [4.78, 5) is 4.33. The average Bonchev–Trinajstić information content (AvgIpc) is 3.38. The van der Waals surface area contributed by atoms with Gasteiger partial charge in [0, 0.05) is 45.6 Å². The molecule has 1 aliphatic heterocycles. The second-order valence-electron chi connectivity index (χ2n) is 7.54. The maximum Gasteiger partial charge on any atom is 0.191 e. The number of aliphatic imine (C=N–C) groups is 1. The molecule has 1 fully saturated rings. The number of hydrogen-bond acceptors (Lipinski definition) is 4. The molecule has 1 aromatic carbocycles. The van der Waals surface area contributed by atoms with Crippen LogP contribution in [0.4, 0.5) is 0 Å². The summed E-state index contributed by atoms with van der Waals surface area (Å²) in [6.45, 7) is 5.05. The normalized spacial score (nSPS) is 16.8. The molecule has 7 heteroatoms. The molecule has 0 amide bonds. The van der Waals surface area contributed by atoms with E-state index in [0.717, 1.165) is 56.1 Å². The number of rotatable bonds is 9. The van der Waals surface area contributed by atoms with Crippen LogP contribution < -0.4 is 15.4 Å². The topological polar surface area (TPSA) is 72.7 Å². The van der Waals surface area contributed by atoms with Gasteiger partial charge in [-0.2, -0.15) is 5.10 Å². The fourth-order valence-electron chi connectivity index (χ4n) is 3.40. The first kappa shape index (κ1) is 21.2. The van der Waals surface area contributed by atoms with Crippen LogP contribution in [0.15, 0.2) is 35.6 Å². The van der Waals surface area contributed by atoms with E-state index in [9.17, 15) is 0 Å². The van der Waals surface area contributed by atoms with Gasteiger partial charge in [-0.1, -0.05) is 12.1 Å². The summed E-state index contributed by atoms with van der Waals surface area (Å²) in [5, 5.41) is 11.0. The fraction of sp³-hybridized carbons (Fsp3) is 0.545. The number of aryl methyl sites for hydroxylation is 3. The summed E-state index contributed by atoms with van der Waals surface area (Å²) in [5.41, 5.74) is 3.56. The van der Waals surface area contributed by atoms with Crippen molar-refractivity contribution >= 4 is 5.96 Å². The molecule has 158 valence electrons. The Labute approximate surface area is 173 Å². The lowest BCUT2D eigenvalue weighted by molar-refractivity contribution is 0.0676. The highest BCUT2D eigenvalue weighted by Crippen LogP contribution is 2.22. The van der Waals surface area contributed by atoms with Crippen molar-refractivity contribution in [2.75, 3.05) is 26.8 Å². The Morgan fingerprint density at radius 2 is 2.28 bits per heavy atom. The van der Waals surface area contributed by atoms with Crippen LogP contribution in [-0.4, -0.2) is 48.7 Å². The van der Waals surface area contributed by atoms with E-state index in [1.54, 1.807) is 7.05 Å². The Bertz CT molecular complexity index is 796. The van der Waals surface area contributed by atoms with Crippen LogP contribution in [0.5, 0.6) is 5.75 Å². The van der Waals surface area contributed by atoms with Crippen LogP contribution in [0.3, 0.4) is 0 Å². The first-order valence-corrected chi connectivity index (χ1v) is 10.4. The molecule has 1 aliphatic rings. The zero-order chi connectivity index (χ0) is 20.5. The highest BCUT2D eigenvalue weighted by molar-refractivity contribution is 5.79. The van der Waals surface area contributed by atoms with E-state index in [4.69, 9.17) is 9.47 Å².